The molecule has 0 spiro atoms. The fourth-order valence-electron chi connectivity index (χ4n) is 2.53. The van der Waals surface area contributed by atoms with Crippen LogP contribution >= 0.6 is 0 Å². The SMILES string of the molecule is CCCC.CCc1cc(OC)ccc1C(=O)CC1CCC(=O)NC1=O. The number of nitrogens with one attached hydrogen (secondary N) is 1. The predicted octanol–water partition coefficient (Wildman–Crippen LogP) is 3.69. The minimum Gasteiger partial charge on any atom is -0.497 e. The highest BCUT2D eigenvalue weighted by Crippen LogP contribution is 2.23. The number of imide groups is 1. The van der Waals surface area contributed by atoms with Crippen molar-refractivity contribution < 1.29 is 19.1 Å². The Balaban J connectivity index is 0.000000705. The highest BCUT2D eigenvalue weighted by molar-refractivity contribution is 6.03. The van der Waals surface area contributed by atoms with Crippen molar-refractivity contribution in [3.05, 3.63) is 29.3 Å². The van der Waals surface area contributed by atoms with Gasteiger partial charge in [-0.15, -0.1) is 0 Å². The number of aryl methyl sites for hydroxylation is 1. The Kier molecular flexibility index (Phi) is 8.89. The molecule has 5 nitrogen and oxygen atoms in total. The van der Waals surface area contributed by atoms with Gasteiger partial charge in [0.05, 0.1) is 7.11 Å². The highest BCUT2D eigenvalue weighted by atomic mass is 16.5. The number of rotatable bonds is 6. The van der Waals surface area contributed by atoms with Crippen molar-refractivity contribution in [1.82, 2.24) is 5.32 Å². The summed E-state index contributed by atoms with van der Waals surface area (Å²) in [6.45, 7) is 6.33. The molecule has 1 fully saturated rings. The Morgan fingerprint density at radius 1 is 1.20 bits per heavy atom. The summed E-state index contributed by atoms with van der Waals surface area (Å²) in [6, 6.07) is 5.33. The summed E-state index contributed by atoms with van der Waals surface area (Å²) in [5, 5.41) is 2.28. The quantitative estimate of drug-likeness (QED) is 0.629. The van der Waals surface area contributed by atoms with Crippen LogP contribution in [0.1, 0.15) is 68.8 Å². The third-order valence-corrected chi connectivity index (χ3v) is 4.28. The van der Waals surface area contributed by atoms with Crippen LogP contribution in [0.25, 0.3) is 0 Å². The van der Waals surface area contributed by atoms with Crippen LogP contribution in [0.2, 0.25) is 0 Å². The zero-order chi connectivity index (χ0) is 18.8. The number of piperidine rings is 1. The minimum absolute atomic E-state index is 0.0657. The van der Waals surface area contributed by atoms with E-state index in [4.69, 9.17) is 4.74 Å². The number of Topliss-reactive ketones (excluding diaryl/α,β-unsaturated/α-hetero) is 1. The molecule has 1 aromatic carbocycles. The van der Waals surface area contributed by atoms with Crippen molar-refractivity contribution in [2.24, 2.45) is 5.92 Å². The number of methoxy groups -OCH3 is 1. The van der Waals surface area contributed by atoms with Gasteiger partial charge in [-0.1, -0.05) is 33.6 Å². The van der Waals surface area contributed by atoms with Gasteiger partial charge in [-0.3, -0.25) is 19.7 Å². The summed E-state index contributed by atoms with van der Waals surface area (Å²) in [5.74, 6) is -0.371. The molecule has 1 N–H and O–H groups in total. The molecule has 0 saturated carbocycles. The number of ketones is 1. The number of hydrogen-bond acceptors (Lipinski definition) is 4. The predicted molar refractivity (Wildman–Crippen MR) is 97.8 cm³/mol. The first kappa shape index (κ1) is 20.9. The van der Waals surface area contributed by atoms with E-state index in [2.05, 4.69) is 19.2 Å². The summed E-state index contributed by atoms with van der Waals surface area (Å²) in [7, 11) is 1.58. The molecule has 1 unspecified atom stereocenters. The Morgan fingerprint density at radius 2 is 1.88 bits per heavy atom. The average molecular weight is 347 g/mol. The second-order valence-electron chi connectivity index (χ2n) is 6.15. The van der Waals surface area contributed by atoms with Gasteiger partial charge in [0, 0.05) is 24.3 Å². The average Bonchev–Trinajstić information content (AvgIpc) is 2.63. The van der Waals surface area contributed by atoms with Crippen molar-refractivity contribution in [1.29, 1.82) is 0 Å². The second kappa shape index (κ2) is 10.6. The van der Waals surface area contributed by atoms with Gasteiger partial charge in [-0.05, 0) is 36.6 Å². The van der Waals surface area contributed by atoms with Gasteiger partial charge in [-0.2, -0.15) is 0 Å². The molecule has 0 aromatic heterocycles. The Morgan fingerprint density at radius 3 is 2.40 bits per heavy atom. The third-order valence-electron chi connectivity index (χ3n) is 4.28. The highest BCUT2D eigenvalue weighted by Gasteiger charge is 2.29. The van der Waals surface area contributed by atoms with Crippen LogP contribution in [-0.4, -0.2) is 24.7 Å². The van der Waals surface area contributed by atoms with E-state index in [9.17, 15) is 14.4 Å². The number of ether oxygens (including phenoxy) is 1. The topological polar surface area (TPSA) is 72.5 Å². The Hall–Kier alpha value is -2.17. The zero-order valence-corrected chi connectivity index (χ0v) is 15.7. The summed E-state index contributed by atoms with van der Waals surface area (Å²) in [5.41, 5.74) is 1.54. The first-order valence-electron chi connectivity index (χ1n) is 9.00. The molecule has 0 aliphatic carbocycles. The standard InChI is InChI=1S/C16H19NO4.C4H10/c1-3-10-8-12(21-2)5-6-13(10)14(18)9-11-4-7-15(19)17-16(11)20;1-3-4-2/h5-6,8,11H,3-4,7,9H2,1-2H3,(H,17,19,20);3-4H2,1-2H3. The van der Waals surface area contributed by atoms with Crippen LogP contribution in [0.4, 0.5) is 0 Å². The Bertz CT molecular complexity index is 608. The first-order valence-corrected chi connectivity index (χ1v) is 9.00. The molecule has 138 valence electrons. The monoisotopic (exact) mass is 347 g/mol. The van der Waals surface area contributed by atoms with Crippen LogP contribution in [0.5, 0.6) is 5.75 Å². The van der Waals surface area contributed by atoms with E-state index < -0.39 is 5.92 Å². The molecule has 5 heteroatoms. The first-order chi connectivity index (χ1) is 12.0. The lowest BCUT2D eigenvalue weighted by Crippen LogP contribution is -2.41. The van der Waals surface area contributed by atoms with Crippen LogP contribution in [0.15, 0.2) is 18.2 Å². The molecule has 0 bridgehead atoms. The number of carbonyl (C=O) groups excluding carboxylic acids is 3. The molecule has 25 heavy (non-hydrogen) atoms. The molecule has 1 aliphatic rings. The van der Waals surface area contributed by atoms with Crippen molar-refractivity contribution in [2.45, 2.75) is 59.3 Å². The molecular weight excluding hydrogens is 318 g/mol. The van der Waals surface area contributed by atoms with Gasteiger partial charge >= 0.3 is 0 Å². The fraction of sp³-hybridized carbons (Fsp3) is 0.550. The zero-order valence-electron chi connectivity index (χ0n) is 15.7. The molecule has 2 amide bonds. The van der Waals surface area contributed by atoms with Crippen LogP contribution in [0, 0.1) is 5.92 Å². The van der Waals surface area contributed by atoms with E-state index in [-0.39, 0.29) is 24.0 Å². The number of amides is 2. The number of unbranched alkanes of at least 4 members (excludes halogenated alkanes) is 1. The van der Waals surface area contributed by atoms with Gasteiger partial charge < -0.3 is 4.74 Å². The third kappa shape index (κ3) is 6.33. The lowest BCUT2D eigenvalue weighted by molar-refractivity contribution is -0.136. The van der Waals surface area contributed by atoms with E-state index in [1.807, 2.05) is 13.0 Å². The number of benzene rings is 1. The van der Waals surface area contributed by atoms with E-state index in [0.717, 1.165) is 5.56 Å². The maximum atomic E-state index is 12.4. The molecular formula is C20H29NO4. The smallest absolute Gasteiger partial charge is 0.230 e. The van der Waals surface area contributed by atoms with E-state index in [1.54, 1.807) is 19.2 Å². The summed E-state index contributed by atoms with van der Waals surface area (Å²) < 4.78 is 5.16. The van der Waals surface area contributed by atoms with Crippen molar-refractivity contribution in [2.75, 3.05) is 7.11 Å². The van der Waals surface area contributed by atoms with E-state index in [0.29, 0.717) is 30.6 Å². The lowest BCUT2D eigenvalue weighted by Gasteiger charge is -2.20. The number of hydrogen-bond donors (Lipinski definition) is 1. The van der Waals surface area contributed by atoms with E-state index >= 15 is 0 Å². The fourth-order valence-corrected chi connectivity index (χ4v) is 2.53. The molecule has 0 radical (unpaired) electrons. The summed E-state index contributed by atoms with van der Waals surface area (Å²) in [6.07, 6.45) is 4.23. The number of carbonyl (C=O) groups is 3. The molecule has 2 rings (SSSR count). The maximum absolute atomic E-state index is 12.4. The summed E-state index contributed by atoms with van der Waals surface area (Å²) >= 11 is 0. The Labute approximate surface area is 150 Å². The van der Waals surface area contributed by atoms with Gasteiger partial charge in [0.15, 0.2) is 5.78 Å². The van der Waals surface area contributed by atoms with Crippen molar-refractivity contribution in [3.63, 3.8) is 0 Å². The largest absolute Gasteiger partial charge is 0.497 e. The van der Waals surface area contributed by atoms with Crippen LogP contribution in [0.3, 0.4) is 0 Å². The molecule has 1 aliphatic heterocycles. The normalized spacial score (nSPS) is 16.6. The van der Waals surface area contributed by atoms with E-state index in [1.165, 1.54) is 12.8 Å². The van der Waals surface area contributed by atoms with Gasteiger partial charge in [0.2, 0.25) is 11.8 Å². The van der Waals surface area contributed by atoms with Gasteiger partial charge in [-0.25, -0.2) is 0 Å². The van der Waals surface area contributed by atoms with Gasteiger partial charge in [0.1, 0.15) is 5.75 Å². The lowest BCUT2D eigenvalue weighted by atomic mass is 9.89. The molecule has 1 saturated heterocycles. The molecule has 1 heterocycles. The van der Waals surface area contributed by atoms with Crippen molar-refractivity contribution >= 4 is 17.6 Å². The minimum atomic E-state index is -0.415. The molecule has 1 aromatic rings. The maximum Gasteiger partial charge on any atom is 0.230 e. The van der Waals surface area contributed by atoms with Gasteiger partial charge in [0.25, 0.3) is 0 Å². The molecule has 1 atom stereocenters. The second-order valence-corrected chi connectivity index (χ2v) is 6.15. The summed E-state index contributed by atoms with van der Waals surface area (Å²) in [4.78, 5) is 35.3. The van der Waals surface area contributed by atoms with Crippen LogP contribution < -0.4 is 10.1 Å². The van der Waals surface area contributed by atoms with Crippen LogP contribution in [-0.2, 0) is 16.0 Å². The van der Waals surface area contributed by atoms with Crippen molar-refractivity contribution in [3.8, 4) is 5.75 Å².